The first kappa shape index (κ1) is 15.5. The largest absolute Gasteiger partial charge is 0.360 e. The lowest BCUT2D eigenvalue weighted by atomic mass is 10.3. The third-order valence-electron chi connectivity index (χ3n) is 2.96. The monoisotopic (exact) mass is 331 g/mol. The Morgan fingerprint density at radius 1 is 1.17 bits per heavy atom. The van der Waals surface area contributed by atoms with Crippen LogP contribution in [0.4, 0.5) is 26.2 Å². The van der Waals surface area contributed by atoms with Gasteiger partial charge < -0.3 is 15.2 Å². The van der Waals surface area contributed by atoms with E-state index >= 15 is 0 Å². The van der Waals surface area contributed by atoms with Crippen LogP contribution in [-0.2, 0) is 0 Å². The Hall–Kier alpha value is -3.36. The van der Waals surface area contributed by atoms with E-state index in [1.807, 2.05) is 0 Å². The molecule has 2 heterocycles. The Bertz CT molecular complexity index is 880. The molecule has 3 aromatic rings. The predicted molar refractivity (Wildman–Crippen MR) is 80.9 cm³/mol. The van der Waals surface area contributed by atoms with Gasteiger partial charge in [0.2, 0.25) is 5.95 Å². The third-order valence-corrected chi connectivity index (χ3v) is 2.96. The van der Waals surface area contributed by atoms with Crippen LogP contribution in [0.3, 0.4) is 0 Å². The quantitative estimate of drug-likeness (QED) is 0.763. The minimum atomic E-state index is -0.776. The molecule has 0 atom stereocenters. The number of carbonyl (C=O) groups is 1. The van der Waals surface area contributed by atoms with E-state index in [0.717, 1.165) is 12.1 Å². The first-order valence-electron chi connectivity index (χ1n) is 6.80. The van der Waals surface area contributed by atoms with Gasteiger partial charge in [-0.15, -0.1) is 0 Å². The number of amides is 1. The van der Waals surface area contributed by atoms with E-state index in [9.17, 15) is 13.6 Å². The molecule has 0 aliphatic carbocycles. The van der Waals surface area contributed by atoms with Crippen LogP contribution >= 0.6 is 0 Å². The van der Waals surface area contributed by atoms with E-state index in [1.54, 1.807) is 13.0 Å². The number of aryl methyl sites for hydroxylation is 1. The van der Waals surface area contributed by atoms with Crippen LogP contribution in [0.2, 0.25) is 0 Å². The number of aromatic nitrogens is 3. The van der Waals surface area contributed by atoms with Crippen molar-refractivity contribution in [1.29, 1.82) is 0 Å². The minimum Gasteiger partial charge on any atom is -0.360 e. The van der Waals surface area contributed by atoms with Crippen LogP contribution < -0.4 is 10.6 Å². The Morgan fingerprint density at radius 2 is 1.92 bits per heavy atom. The van der Waals surface area contributed by atoms with Gasteiger partial charge in [0, 0.05) is 24.5 Å². The van der Waals surface area contributed by atoms with Gasteiger partial charge in [-0.2, -0.15) is 0 Å². The van der Waals surface area contributed by atoms with Crippen LogP contribution in [0.15, 0.2) is 41.2 Å². The summed E-state index contributed by atoms with van der Waals surface area (Å²) < 4.78 is 31.2. The molecule has 9 heteroatoms. The number of hydrogen-bond acceptors (Lipinski definition) is 6. The zero-order valence-electron chi connectivity index (χ0n) is 12.4. The maximum Gasteiger partial charge on any atom is 0.260 e. The van der Waals surface area contributed by atoms with Gasteiger partial charge in [0.05, 0.1) is 11.3 Å². The molecule has 2 N–H and O–H groups in total. The van der Waals surface area contributed by atoms with Crippen LogP contribution in [-0.4, -0.2) is 21.0 Å². The highest BCUT2D eigenvalue weighted by molar-refractivity contribution is 6.03. The van der Waals surface area contributed by atoms with Crippen molar-refractivity contribution in [2.45, 2.75) is 6.92 Å². The van der Waals surface area contributed by atoms with Crippen LogP contribution in [0.25, 0.3) is 0 Å². The highest BCUT2D eigenvalue weighted by Gasteiger charge is 2.11. The van der Waals surface area contributed by atoms with Crippen molar-refractivity contribution in [3.8, 4) is 0 Å². The molecule has 0 saturated carbocycles. The lowest BCUT2D eigenvalue weighted by molar-refractivity contribution is 0.102. The van der Waals surface area contributed by atoms with Gasteiger partial charge in [-0.25, -0.2) is 18.7 Å². The summed E-state index contributed by atoms with van der Waals surface area (Å²) in [5.41, 5.74) is 0.201. The molecule has 0 unspecified atom stereocenters. The van der Waals surface area contributed by atoms with E-state index in [-0.39, 0.29) is 23.0 Å². The molecule has 0 saturated heterocycles. The Balaban J connectivity index is 1.69. The Labute approximate surface area is 134 Å². The second kappa shape index (κ2) is 6.41. The fourth-order valence-electron chi connectivity index (χ4n) is 1.83. The van der Waals surface area contributed by atoms with Crippen molar-refractivity contribution in [3.63, 3.8) is 0 Å². The van der Waals surface area contributed by atoms with Gasteiger partial charge in [0.25, 0.3) is 5.91 Å². The summed E-state index contributed by atoms with van der Waals surface area (Å²) in [6.45, 7) is 1.70. The van der Waals surface area contributed by atoms with Gasteiger partial charge in [-0.05, 0) is 19.1 Å². The summed E-state index contributed by atoms with van der Waals surface area (Å²) in [5, 5.41) is 8.75. The molecular formula is C15H11F2N5O2. The van der Waals surface area contributed by atoms with E-state index in [0.29, 0.717) is 5.76 Å². The SMILES string of the molecule is Cc1cc(NC(=O)c2cnc(Nc3ccc(F)cc3F)nc2)no1. The molecule has 7 nitrogen and oxygen atoms in total. The lowest BCUT2D eigenvalue weighted by Crippen LogP contribution is -2.13. The van der Waals surface area contributed by atoms with Crippen molar-refractivity contribution in [2.24, 2.45) is 0 Å². The second-order valence-electron chi connectivity index (χ2n) is 4.82. The fourth-order valence-corrected chi connectivity index (χ4v) is 1.83. The van der Waals surface area contributed by atoms with E-state index < -0.39 is 17.5 Å². The third kappa shape index (κ3) is 3.51. The molecule has 0 aliphatic heterocycles. The number of nitrogens with one attached hydrogen (secondary N) is 2. The average molecular weight is 331 g/mol. The number of benzene rings is 1. The predicted octanol–water partition coefficient (Wildman–Crippen LogP) is 3.05. The zero-order valence-corrected chi connectivity index (χ0v) is 12.4. The van der Waals surface area contributed by atoms with E-state index in [1.165, 1.54) is 18.5 Å². The molecule has 1 amide bonds. The van der Waals surface area contributed by atoms with Crippen molar-refractivity contribution >= 4 is 23.4 Å². The van der Waals surface area contributed by atoms with Gasteiger partial charge in [-0.3, -0.25) is 4.79 Å². The molecule has 24 heavy (non-hydrogen) atoms. The van der Waals surface area contributed by atoms with Gasteiger partial charge in [0.1, 0.15) is 17.4 Å². The number of hydrogen-bond donors (Lipinski definition) is 2. The maximum atomic E-state index is 13.5. The summed E-state index contributed by atoms with van der Waals surface area (Å²) in [4.78, 5) is 19.8. The smallest absolute Gasteiger partial charge is 0.260 e. The molecule has 0 aliphatic rings. The highest BCUT2D eigenvalue weighted by Crippen LogP contribution is 2.18. The topological polar surface area (TPSA) is 92.9 Å². The molecule has 0 radical (unpaired) electrons. The molecule has 0 fully saturated rings. The van der Waals surface area contributed by atoms with E-state index in [4.69, 9.17) is 4.52 Å². The standard InChI is InChI=1S/C15H11F2N5O2/c1-8-4-13(22-24-8)21-14(23)9-6-18-15(19-7-9)20-12-3-2-10(16)5-11(12)17/h2-7H,1H3,(H,18,19,20)(H,21,22,23). The second-order valence-corrected chi connectivity index (χ2v) is 4.82. The number of anilines is 3. The summed E-state index contributed by atoms with van der Waals surface area (Å²) in [5.74, 6) is -1.04. The molecule has 3 rings (SSSR count). The average Bonchev–Trinajstić information content (AvgIpc) is 2.96. The molecule has 0 spiro atoms. The molecule has 0 bridgehead atoms. The van der Waals surface area contributed by atoms with Crippen LogP contribution in [0, 0.1) is 18.6 Å². The molecular weight excluding hydrogens is 320 g/mol. The highest BCUT2D eigenvalue weighted by atomic mass is 19.1. The summed E-state index contributed by atoms with van der Waals surface area (Å²) in [7, 11) is 0. The first-order chi connectivity index (χ1) is 11.5. The maximum absolute atomic E-state index is 13.5. The molecule has 1 aromatic carbocycles. The number of halogens is 2. The Morgan fingerprint density at radius 3 is 2.54 bits per heavy atom. The molecule has 122 valence electrons. The number of rotatable bonds is 4. The summed E-state index contributed by atoms with van der Waals surface area (Å²) in [6.07, 6.45) is 2.53. The first-order valence-corrected chi connectivity index (χ1v) is 6.80. The van der Waals surface area contributed by atoms with Crippen LogP contribution in [0.5, 0.6) is 0 Å². The van der Waals surface area contributed by atoms with Crippen molar-refractivity contribution < 1.29 is 18.1 Å². The lowest BCUT2D eigenvalue weighted by Gasteiger charge is -2.06. The summed E-state index contributed by atoms with van der Waals surface area (Å²) >= 11 is 0. The zero-order chi connectivity index (χ0) is 17.1. The van der Waals surface area contributed by atoms with Gasteiger partial charge in [0.15, 0.2) is 5.82 Å². The van der Waals surface area contributed by atoms with E-state index in [2.05, 4.69) is 25.8 Å². The van der Waals surface area contributed by atoms with Gasteiger partial charge in [-0.1, -0.05) is 5.16 Å². The Kier molecular flexibility index (Phi) is 4.15. The fraction of sp³-hybridized carbons (Fsp3) is 0.0667. The minimum absolute atomic E-state index is 0.0201. The molecule has 2 aromatic heterocycles. The van der Waals surface area contributed by atoms with Crippen molar-refractivity contribution in [3.05, 3.63) is 59.6 Å². The van der Waals surface area contributed by atoms with Crippen LogP contribution in [0.1, 0.15) is 16.1 Å². The number of nitrogens with zero attached hydrogens (tertiary/aromatic N) is 3. The summed E-state index contributed by atoms with van der Waals surface area (Å²) in [6, 6.07) is 4.63. The normalized spacial score (nSPS) is 10.5. The number of carbonyl (C=O) groups excluding carboxylic acids is 1. The van der Waals surface area contributed by atoms with Crippen molar-refractivity contribution in [1.82, 2.24) is 15.1 Å². The van der Waals surface area contributed by atoms with Crippen molar-refractivity contribution in [2.75, 3.05) is 10.6 Å². The van der Waals surface area contributed by atoms with Gasteiger partial charge >= 0.3 is 0 Å².